The zero-order valence-corrected chi connectivity index (χ0v) is 13.3. The van der Waals surface area contributed by atoms with Gasteiger partial charge in [-0.1, -0.05) is 0 Å². The van der Waals surface area contributed by atoms with E-state index in [1.807, 2.05) is 0 Å². The Labute approximate surface area is 143 Å². The van der Waals surface area contributed by atoms with E-state index in [0.717, 1.165) is 29.1 Å². The number of nitrogens with one attached hydrogen (secondary N) is 2. The Bertz CT molecular complexity index is 799. The minimum atomic E-state index is -1.35. The number of hydrogen-bond acceptors (Lipinski definition) is 6. The SMILES string of the molecule is O=C(O)C1=CC(=CC[NH+]2CCc3cc(O)c(O)cc32)C[C@H](C(=O)[O-])N1. The smallest absolute Gasteiger partial charge is 0.351 e. The third kappa shape index (κ3) is 3.43. The zero-order valence-electron chi connectivity index (χ0n) is 13.3. The number of aromatic hydroxyl groups is 2. The number of phenols is 2. The largest absolute Gasteiger partial charge is 0.548 e. The van der Waals surface area contributed by atoms with Crippen molar-refractivity contribution in [3.8, 4) is 11.5 Å². The molecule has 3 rings (SSSR count). The molecule has 0 aliphatic carbocycles. The van der Waals surface area contributed by atoms with Crippen molar-refractivity contribution in [2.45, 2.75) is 18.9 Å². The molecule has 0 bridgehead atoms. The summed E-state index contributed by atoms with van der Waals surface area (Å²) >= 11 is 0. The summed E-state index contributed by atoms with van der Waals surface area (Å²) < 4.78 is 0. The summed E-state index contributed by atoms with van der Waals surface area (Å²) in [5, 5.41) is 41.8. The summed E-state index contributed by atoms with van der Waals surface area (Å²) in [5.74, 6) is -2.91. The third-order valence-electron chi connectivity index (χ3n) is 4.50. The second-order valence-electron chi connectivity index (χ2n) is 6.17. The maximum absolute atomic E-state index is 11.1. The lowest BCUT2D eigenvalue weighted by Gasteiger charge is -2.26. The van der Waals surface area contributed by atoms with Crippen molar-refractivity contribution in [1.29, 1.82) is 0 Å². The first-order chi connectivity index (χ1) is 11.8. The number of hydrogen-bond donors (Lipinski definition) is 5. The highest BCUT2D eigenvalue weighted by molar-refractivity contribution is 5.88. The van der Waals surface area contributed by atoms with Crippen LogP contribution in [0.1, 0.15) is 12.0 Å². The first-order valence-corrected chi connectivity index (χ1v) is 7.86. The molecule has 2 heterocycles. The molecular weight excluding hydrogens is 328 g/mol. The van der Waals surface area contributed by atoms with Gasteiger partial charge in [0.05, 0.1) is 18.6 Å². The molecule has 0 spiro atoms. The number of phenolic OH excluding ortho intramolecular Hbond substituents is 2. The van der Waals surface area contributed by atoms with Gasteiger partial charge in [0.15, 0.2) is 11.5 Å². The predicted molar refractivity (Wildman–Crippen MR) is 84.2 cm³/mol. The molecule has 0 saturated heterocycles. The highest BCUT2D eigenvalue weighted by Crippen LogP contribution is 2.31. The van der Waals surface area contributed by atoms with Crippen molar-refractivity contribution >= 4 is 17.6 Å². The number of carbonyl (C=O) groups excluding carboxylic acids is 1. The Morgan fingerprint density at radius 3 is 2.72 bits per heavy atom. The fraction of sp³-hybridized carbons (Fsp3) is 0.294. The van der Waals surface area contributed by atoms with E-state index in [0.29, 0.717) is 12.1 Å². The molecule has 8 heteroatoms. The number of quaternary nitrogens is 1. The normalized spacial score (nSPS) is 23.7. The van der Waals surface area contributed by atoms with Crippen LogP contribution >= 0.6 is 0 Å². The van der Waals surface area contributed by atoms with Crippen LogP contribution in [0.25, 0.3) is 0 Å². The van der Waals surface area contributed by atoms with Crippen LogP contribution in [0, 0.1) is 0 Å². The lowest BCUT2D eigenvalue weighted by Crippen LogP contribution is -3.05. The molecule has 1 aromatic carbocycles. The quantitative estimate of drug-likeness (QED) is 0.320. The maximum Gasteiger partial charge on any atom is 0.351 e. The average Bonchev–Trinajstić information content (AvgIpc) is 2.95. The van der Waals surface area contributed by atoms with Gasteiger partial charge in [0.2, 0.25) is 0 Å². The van der Waals surface area contributed by atoms with Crippen molar-refractivity contribution in [3.63, 3.8) is 0 Å². The van der Waals surface area contributed by atoms with Gasteiger partial charge in [-0.25, -0.2) is 4.79 Å². The minimum Gasteiger partial charge on any atom is -0.548 e. The number of carboxylic acid groups (broad SMARTS) is 2. The van der Waals surface area contributed by atoms with Crippen molar-refractivity contribution in [2.24, 2.45) is 0 Å². The molecule has 0 amide bonds. The number of allylic oxidation sites excluding steroid dienone is 1. The molecule has 1 aromatic rings. The molecular formula is C17H18N2O6. The first-order valence-electron chi connectivity index (χ1n) is 7.86. The molecule has 132 valence electrons. The molecule has 2 aliphatic rings. The van der Waals surface area contributed by atoms with E-state index in [1.54, 1.807) is 12.1 Å². The minimum absolute atomic E-state index is 0.139. The highest BCUT2D eigenvalue weighted by atomic mass is 16.4. The van der Waals surface area contributed by atoms with Gasteiger partial charge in [-0.05, 0) is 30.2 Å². The van der Waals surface area contributed by atoms with Gasteiger partial charge in [-0.15, -0.1) is 0 Å². The Hall–Kier alpha value is -3.00. The van der Waals surface area contributed by atoms with E-state index in [2.05, 4.69) is 5.32 Å². The van der Waals surface area contributed by atoms with Crippen molar-refractivity contribution < 1.29 is 34.9 Å². The van der Waals surface area contributed by atoms with Crippen LogP contribution < -0.4 is 15.3 Å². The van der Waals surface area contributed by atoms with E-state index < -0.39 is 18.0 Å². The van der Waals surface area contributed by atoms with E-state index in [-0.39, 0.29) is 23.6 Å². The topological polar surface area (TPSA) is 134 Å². The van der Waals surface area contributed by atoms with E-state index in [4.69, 9.17) is 5.11 Å². The molecule has 2 atom stereocenters. The third-order valence-corrected chi connectivity index (χ3v) is 4.50. The summed E-state index contributed by atoms with van der Waals surface area (Å²) in [6.07, 6.45) is 4.11. The van der Waals surface area contributed by atoms with Gasteiger partial charge < -0.3 is 30.5 Å². The molecule has 25 heavy (non-hydrogen) atoms. The monoisotopic (exact) mass is 346 g/mol. The number of aliphatic carboxylic acids is 2. The Morgan fingerprint density at radius 1 is 1.32 bits per heavy atom. The summed E-state index contributed by atoms with van der Waals surface area (Å²) in [7, 11) is 0. The summed E-state index contributed by atoms with van der Waals surface area (Å²) in [6, 6.07) is 1.99. The van der Waals surface area contributed by atoms with Crippen LogP contribution in [0.15, 0.2) is 35.6 Å². The standard InChI is InChI=1S/C17H18N2O6/c20-14-7-10-2-4-19(13(10)8-15(14)21)3-1-9-5-11(16(22)23)18-12(6-9)17(24)25/h1,5,7-8,12,18,20-21H,2-4,6H2,(H,22,23)(H,24,25)/t12-/m1/s1. The lowest BCUT2D eigenvalue weighted by molar-refractivity contribution is -0.819. The van der Waals surface area contributed by atoms with Crippen LogP contribution in [0.5, 0.6) is 11.5 Å². The van der Waals surface area contributed by atoms with Crippen LogP contribution in [0.2, 0.25) is 0 Å². The molecule has 0 radical (unpaired) electrons. The van der Waals surface area contributed by atoms with Crippen LogP contribution in [0.4, 0.5) is 5.69 Å². The molecule has 0 aromatic heterocycles. The second-order valence-corrected chi connectivity index (χ2v) is 6.17. The van der Waals surface area contributed by atoms with Crippen LogP contribution in [0.3, 0.4) is 0 Å². The van der Waals surface area contributed by atoms with Gasteiger partial charge in [0, 0.05) is 18.1 Å². The van der Waals surface area contributed by atoms with Gasteiger partial charge >= 0.3 is 5.97 Å². The number of carbonyl (C=O) groups is 2. The van der Waals surface area contributed by atoms with Crippen LogP contribution in [-0.4, -0.2) is 46.4 Å². The first kappa shape index (κ1) is 16.8. The molecule has 5 N–H and O–H groups in total. The highest BCUT2D eigenvalue weighted by Gasteiger charge is 2.27. The summed E-state index contributed by atoms with van der Waals surface area (Å²) in [4.78, 5) is 23.3. The second kappa shape index (κ2) is 6.48. The lowest BCUT2D eigenvalue weighted by atomic mass is 10.00. The van der Waals surface area contributed by atoms with E-state index >= 15 is 0 Å². The number of rotatable bonds is 4. The van der Waals surface area contributed by atoms with E-state index in [9.17, 15) is 24.9 Å². The molecule has 8 nitrogen and oxygen atoms in total. The summed E-state index contributed by atoms with van der Waals surface area (Å²) in [6.45, 7) is 1.27. The number of fused-ring (bicyclic) bond motifs is 1. The Morgan fingerprint density at radius 2 is 2.04 bits per heavy atom. The van der Waals surface area contributed by atoms with Gasteiger partial charge in [0.25, 0.3) is 0 Å². The van der Waals surface area contributed by atoms with Crippen LogP contribution in [-0.2, 0) is 16.0 Å². The molecule has 1 unspecified atom stereocenters. The number of benzene rings is 1. The Balaban J connectivity index is 1.80. The van der Waals surface area contributed by atoms with Crippen molar-refractivity contribution in [1.82, 2.24) is 5.32 Å². The fourth-order valence-electron chi connectivity index (χ4n) is 3.21. The maximum atomic E-state index is 11.1. The molecule has 2 aliphatic heterocycles. The molecule has 0 fully saturated rings. The summed E-state index contributed by atoms with van der Waals surface area (Å²) in [5.41, 5.74) is 2.25. The van der Waals surface area contributed by atoms with Gasteiger partial charge in [-0.3, -0.25) is 4.90 Å². The van der Waals surface area contributed by atoms with E-state index in [1.165, 1.54) is 12.1 Å². The average molecular weight is 346 g/mol. The number of carboxylic acids is 2. The fourth-order valence-corrected chi connectivity index (χ4v) is 3.21. The van der Waals surface area contributed by atoms with Gasteiger partial charge in [-0.2, -0.15) is 0 Å². The van der Waals surface area contributed by atoms with Crippen molar-refractivity contribution in [2.75, 3.05) is 13.1 Å². The Kier molecular flexibility index (Phi) is 4.37. The molecule has 0 saturated carbocycles. The predicted octanol–water partition coefficient (Wildman–Crippen LogP) is -1.82. The van der Waals surface area contributed by atoms with Crippen molar-refractivity contribution in [3.05, 3.63) is 41.1 Å². The zero-order chi connectivity index (χ0) is 18.1. The van der Waals surface area contributed by atoms with Gasteiger partial charge in [0.1, 0.15) is 17.9 Å².